The van der Waals surface area contributed by atoms with Crippen LogP contribution < -0.4 is 16.0 Å². The highest BCUT2D eigenvalue weighted by molar-refractivity contribution is 6.13. The first-order valence-electron chi connectivity index (χ1n) is 13.2. The van der Waals surface area contributed by atoms with Gasteiger partial charge in [-0.2, -0.15) is 0 Å². The second-order valence-corrected chi connectivity index (χ2v) is 9.61. The molecule has 4 aromatic rings. The fourth-order valence-corrected chi connectivity index (χ4v) is 4.95. The number of rotatable bonds is 1. The topological polar surface area (TPSA) is 104 Å². The van der Waals surface area contributed by atoms with Gasteiger partial charge in [0.25, 0.3) is 17.7 Å². The highest BCUT2D eigenvalue weighted by atomic mass is 16.2. The Hall–Kier alpha value is -5.04. The van der Waals surface area contributed by atoms with Gasteiger partial charge < -0.3 is 16.0 Å². The summed E-state index contributed by atoms with van der Waals surface area (Å²) in [6.45, 7) is 0.895. The minimum absolute atomic E-state index is 0.0230. The van der Waals surface area contributed by atoms with Crippen molar-refractivity contribution in [2.24, 2.45) is 0 Å². The summed E-state index contributed by atoms with van der Waals surface area (Å²) in [5.41, 5.74) is 6.10. The molecule has 0 aliphatic carbocycles. The maximum atomic E-state index is 12.0. The normalized spacial score (nSPS) is 16.6. The quantitative estimate of drug-likeness (QED) is 0.341. The molecule has 0 fully saturated rings. The van der Waals surface area contributed by atoms with Crippen LogP contribution in [0.25, 0.3) is 0 Å². The Labute approximate surface area is 232 Å². The van der Waals surface area contributed by atoms with Crippen LogP contribution in [0.15, 0.2) is 103 Å². The summed E-state index contributed by atoms with van der Waals surface area (Å²) >= 11 is 0. The van der Waals surface area contributed by atoms with Crippen molar-refractivity contribution in [3.63, 3.8) is 0 Å². The first-order valence-corrected chi connectivity index (χ1v) is 13.2. The molecule has 3 amide bonds. The van der Waals surface area contributed by atoms with Gasteiger partial charge in [0, 0.05) is 23.2 Å². The number of nitrogens with one attached hydrogen (secondary N) is 3. The lowest BCUT2D eigenvalue weighted by Gasteiger charge is -2.25. The summed E-state index contributed by atoms with van der Waals surface area (Å²) in [4.78, 5) is 45.5. The lowest BCUT2D eigenvalue weighted by molar-refractivity contribution is 0.0877. The molecule has 4 aromatic carbocycles. The largest absolute Gasteiger partial charge is 0.352 e. The van der Waals surface area contributed by atoms with Crippen LogP contribution in [0.1, 0.15) is 64.2 Å². The zero-order valence-electron chi connectivity index (χ0n) is 21.9. The lowest BCUT2D eigenvalue weighted by Crippen LogP contribution is -2.36. The predicted molar refractivity (Wildman–Crippen MR) is 152 cm³/mol. The molecule has 3 N–H and O–H groups in total. The SMILES string of the molecule is O=C1CNC(=O)c2ccccc21.O=C1NC(c2ccccc2)Cc2ccccc21.O=C1NCCc2ccccc21. The molecule has 7 heteroatoms. The molecule has 0 saturated heterocycles. The van der Waals surface area contributed by atoms with Gasteiger partial charge in [-0.25, -0.2) is 0 Å². The molecular weight excluding hydrogens is 502 g/mol. The third-order valence-electron chi connectivity index (χ3n) is 7.02. The Morgan fingerprint density at radius 2 is 1.07 bits per heavy atom. The first kappa shape index (κ1) is 26.6. The number of hydrogen-bond donors (Lipinski definition) is 3. The van der Waals surface area contributed by atoms with Crippen LogP contribution in [0.5, 0.6) is 0 Å². The highest BCUT2D eigenvalue weighted by Crippen LogP contribution is 2.25. The van der Waals surface area contributed by atoms with Gasteiger partial charge >= 0.3 is 0 Å². The van der Waals surface area contributed by atoms with Gasteiger partial charge in [0.2, 0.25) is 0 Å². The van der Waals surface area contributed by atoms with Crippen LogP contribution in [-0.4, -0.2) is 36.6 Å². The maximum absolute atomic E-state index is 12.0. The van der Waals surface area contributed by atoms with Crippen molar-refractivity contribution in [3.05, 3.63) is 142 Å². The molecule has 0 saturated carbocycles. The third kappa shape index (κ3) is 5.99. The van der Waals surface area contributed by atoms with E-state index in [-0.39, 0.29) is 36.1 Å². The van der Waals surface area contributed by atoms with Gasteiger partial charge in [0.1, 0.15) is 0 Å². The second kappa shape index (κ2) is 12.2. The summed E-state index contributed by atoms with van der Waals surface area (Å²) in [6.07, 6.45) is 1.83. The fraction of sp³-hybridized carbons (Fsp3) is 0.152. The Balaban J connectivity index is 0.000000125. The van der Waals surface area contributed by atoms with E-state index in [0.717, 1.165) is 47.2 Å². The average Bonchev–Trinajstić information content (AvgIpc) is 3.01. The zero-order chi connectivity index (χ0) is 27.9. The number of amides is 3. The summed E-state index contributed by atoms with van der Waals surface area (Å²) in [5.74, 6) is -0.0945. The van der Waals surface area contributed by atoms with Crippen molar-refractivity contribution in [1.29, 1.82) is 0 Å². The average molecular weight is 532 g/mol. The molecule has 0 spiro atoms. The second-order valence-electron chi connectivity index (χ2n) is 9.61. The van der Waals surface area contributed by atoms with E-state index < -0.39 is 0 Å². The molecule has 0 aromatic heterocycles. The van der Waals surface area contributed by atoms with Gasteiger partial charge in [-0.05, 0) is 47.7 Å². The van der Waals surface area contributed by atoms with Gasteiger partial charge in [-0.3, -0.25) is 19.2 Å². The smallest absolute Gasteiger partial charge is 0.252 e. The van der Waals surface area contributed by atoms with E-state index in [1.165, 1.54) is 0 Å². The van der Waals surface area contributed by atoms with E-state index in [2.05, 4.69) is 28.1 Å². The van der Waals surface area contributed by atoms with Crippen LogP contribution in [0.3, 0.4) is 0 Å². The molecule has 0 radical (unpaired) electrons. The molecule has 40 heavy (non-hydrogen) atoms. The number of fused-ring (bicyclic) bond motifs is 3. The van der Waals surface area contributed by atoms with E-state index >= 15 is 0 Å². The van der Waals surface area contributed by atoms with Crippen LogP contribution >= 0.6 is 0 Å². The third-order valence-corrected chi connectivity index (χ3v) is 7.02. The van der Waals surface area contributed by atoms with E-state index in [1.807, 2.05) is 66.7 Å². The zero-order valence-corrected chi connectivity index (χ0v) is 21.9. The summed E-state index contributed by atoms with van der Waals surface area (Å²) in [7, 11) is 0. The Bertz CT molecular complexity index is 1530. The number of hydrogen-bond acceptors (Lipinski definition) is 4. The van der Waals surface area contributed by atoms with E-state index in [1.54, 1.807) is 24.3 Å². The fourth-order valence-electron chi connectivity index (χ4n) is 4.95. The number of carbonyl (C=O) groups is 4. The highest BCUT2D eigenvalue weighted by Gasteiger charge is 2.24. The molecule has 3 heterocycles. The van der Waals surface area contributed by atoms with Crippen molar-refractivity contribution in [2.45, 2.75) is 18.9 Å². The minimum atomic E-state index is -0.162. The molecule has 0 bridgehead atoms. The lowest BCUT2D eigenvalue weighted by atomic mass is 9.91. The van der Waals surface area contributed by atoms with Gasteiger partial charge in [-0.15, -0.1) is 0 Å². The van der Waals surface area contributed by atoms with Crippen molar-refractivity contribution in [2.75, 3.05) is 13.1 Å². The van der Waals surface area contributed by atoms with Gasteiger partial charge in [0.05, 0.1) is 18.2 Å². The van der Waals surface area contributed by atoms with E-state index in [9.17, 15) is 19.2 Å². The van der Waals surface area contributed by atoms with Crippen molar-refractivity contribution >= 4 is 23.5 Å². The van der Waals surface area contributed by atoms with E-state index in [4.69, 9.17) is 0 Å². The molecule has 1 unspecified atom stereocenters. The monoisotopic (exact) mass is 531 g/mol. The van der Waals surface area contributed by atoms with Crippen LogP contribution in [-0.2, 0) is 12.8 Å². The molecule has 7 rings (SSSR count). The predicted octanol–water partition coefficient (Wildman–Crippen LogP) is 4.30. The standard InChI is InChI=1S/C15H13NO.C9H7NO2.C9H9NO/c17-15-13-9-5-4-8-12(13)10-14(16-15)11-6-2-1-3-7-11;11-8-5-10-9(12)7-4-2-1-3-6(7)8;11-9-8-4-2-1-3-7(8)5-6-10-9/h1-9,14H,10H2,(H,16,17);1-4H,5H2,(H,10,12);1-4H,5-6H2,(H,10,11). The van der Waals surface area contributed by atoms with E-state index in [0.29, 0.717) is 11.1 Å². The number of Topliss-reactive ketones (excluding diaryl/α,β-unsaturated/α-hetero) is 1. The first-order chi connectivity index (χ1) is 19.5. The molecule has 3 aliphatic rings. The Morgan fingerprint density at radius 1 is 0.525 bits per heavy atom. The molecule has 1 atom stereocenters. The van der Waals surface area contributed by atoms with Crippen LogP contribution in [0.2, 0.25) is 0 Å². The van der Waals surface area contributed by atoms with Gasteiger partial charge in [0.15, 0.2) is 5.78 Å². The number of ketones is 1. The van der Waals surface area contributed by atoms with Gasteiger partial charge in [-0.1, -0.05) is 84.9 Å². The maximum Gasteiger partial charge on any atom is 0.252 e. The van der Waals surface area contributed by atoms with Crippen molar-refractivity contribution < 1.29 is 19.2 Å². The Kier molecular flexibility index (Phi) is 8.11. The molecule has 3 aliphatic heterocycles. The van der Waals surface area contributed by atoms with Crippen LogP contribution in [0.4, 0.5) is 0 Å². The number of carbonyl (C=O) groups excluding carboxylic acids is 4. The number of benzene rings is 4. The van der Waals surface area contributed by atoms with Crippen LogP contribution in [0, 0.1) is 0 Å². The molecule has 7 nitrogen and oxygen atoms in total. The molecule has 200 valence electrons. The summed E-state index contributed by atoms with van der Waals surface area (Å²) in [6, 6.07) is 32.6. The van der Waals surface area contributed by atoms with Crippen molar-refractivity contribution in [3.8, 4) is 0 Å². The summed E-state index contributed by atoms with van der Waals surface area (Å²) < 4.78 is 0. The Morgan fingerprint density at radius 3 is 1.75 bits per heavy atom. The minimum Gasteiger partial charge on any atom is -0.352 e. The summed E-state index contributed by atoms with van der Waals surface area (Å²) in [5, 5.41) is 8.35. The molecular formula is C33H29N3O4. The van der Waals surface area contributed by atoms with Crippen molar-refractivity contribution in [1.82, 2.24) is 16.0 Å².